The number of furan rings is 1. The van der Waals surface area contributed by atoms with Crippen LogP contribution in [0.25, 0.3) is 42.8 Å². The van der Waals surface area contributed by atoms with Gasteiger partial charge in [0.05, 0.1) is 55.2 Å². The second-order valence-corrected chi connectivity index (χ2v) is 14.2. The van der Waals surface area contributed by atoms with E-state index >= 15 is 0 Å². The van der Waals surface area contributed by atoms with E-state index in [2.05, 4.69) is 80.5 Å². The van der Waals surface area contributed by atoms with Crippen LogP contribution in [0.5, 0.6) is 0 Å². The summed E-state index contributed by atoms with van der Waals surface area (Å²) in [5.74, 6) is 2.54. The number of hydrogen-bond acceptors (Lipinski definition) is 14. The third-order valence-corrected chi connectivity index (χ3v) is 9.66. The number of rotatable bonds is 9. The van der Waals surface area contributed by atoms with Gasteiger partial charge in [-0.25, -0.2) is 44.6 Å². The molecular weight excluding hydrogens is 819 g/mol. The van der Waals surface area contributed by atoms with Gasteiger partial charge in [0.2, 0.25) is 27.2 Å². The number of fused-ring (bicyclic) bond motifs is 3. The first-order valence-corrected chi connectivity index (χ1v) is 19.0. The largest absolute Gasteiger partial charge is 0.467 e. The maximum absolute atomic E-state index is 7.14. The minimum absolute atomic E-state index is 0.118. The van der Waals surface area contributed by atoms with E-state index in [1.54, 1.807) is 59.8 Å². The van der Waals surface area contributed by atoms with E-state index in [1.165, 1.54) is 0 Å². The average molecular weight is 844 g/mol. The van der Waals surface area contributed by atoms with E-state index in [1.807, 2.05) is 29.8 Å². The molecular formula is C34H25Cl3N16OS2. The molecule has 9 heterocycles. The van der Waals surface area contributed by atoms with E-state index in [0.717, 1.165) is 38.3 Å². The number of nitrogens with one attached hydrogen (secondary N) is 6. The Morgan fingerprint density at radius 3 is 1.73 bits per heavy atom. The van der Waals surface area contributed by atoms with Crippen molar-refractivity contribution in [2.24, 2.45) is 0 Å². The van der Waals surface area contributed by atoms with E-state index in [-0.39, 0.29) is 15.9 Å². The number of aryl methyl sites for hydroxylation is 1. The first-order chi connectivity index (χ1) is 27.3. The summed E-state index contributed by atoms with van der Waals surface area (Å²) in [5.41, 5.74) is 3.77. The number of halogens is 3. The highest BCUT2D eigenvalue weighted by Crippen LogP contribution is 2.33. The summed E-state index contributed by atoms with van der Waals surface area (Å²) in [7, 11) is 0. The molecule has 0 fully saturated rings. The standard InChI is InChI=1S/C12H8ClN5O.C11H7ClN6S.C11H10ClN5S/c1-14-8-6-16-11-9(8)10(17-12(13)18-11)15-5-7-3-2-4-19-7;1-13-6-4-15-9-8(6)10(18-11(12)17-9)16-5-7-14-2-3-19-7;1-6-4-7-9(14-5-8-13-2-3-18-8)16-11(12)17-10(7)15-6/h2-4,6H,5H2,(H2,15,16,17,18);2-4H,5H2,(H2,15,16,17,18);2-4H,5H2,1H3,(H2,14,15,16,17). The van der Waals surface area contributed by atoms with E-state index in [0.29, 0.717) is 64.7 Å². The molecule has 9 rings (SSSR count). The fourth-order valence-electron chi connectivity index (χ4n) is 5.24. The van der Waals surface area contributed by atoms with Crippen LogP contribution in [-0.4, -0.2) is 54.8 Å². The molecule has 0 spiro atoms. The highest BCUT2D eigenvalue weighted by Gasteiger charge is 2.15. The smallest absolute Gasteiger partial charge is 0.226 e. The molecule has 0 radical (unpaired) electrons. The first kappa shape index (κ1) is 37.9. The number of anilines is 3. The summed E-state index contributed by atoms with van der Waals surface area (Å²) in [6.45, 7) is 17.9. The molecule has 0 aliphatic carbocycles. The highest BCUT2D eigenvalue weighted by atomic mass is 35.5. The Bertz CT molecular complexity index is 2670. The third-order valence-electron chi connectivity index (χ3n) is 7.59. The molecule has 0 atom stereocenters. The van der Waals surface area contributed by atoms with Crippen LogP contribution in [0.3, 0.4) is 0 Å². The maximum atomic E-state index is 7.14. The van der Waals surface area contributed by atoms with Crippen molar-refractivity contribution in [3.8, 4) is 0 Å². The van der Waals surface area contributed by atoms with Gasteiger partial charge in [0.15, 0.2) is 0 Å². The maximum Gasteiger partial charge on any atom is 0.226 e. The second-order valence-electron chi connectivity index (χ2n) is 11.2. The van der Waals surface area contributed by atoms with E-state index in [9.17, 15) is 0 Å². The summed E-state index contributed by atoms with van der Waals surface area (Å²) >= 11 is 20.8. The SMILES string of the molecule is Cc1cc2c(NCc3nccs3)nc(Cl)nc2[nH]1.[C-]#[N+]c1c[nH]c2nc(Cl)nc(NCc3ccco3)c12.[C-]#[N+]c1c[nH]c2nc(Cl)nc(NCc3nccs3)c12. The molecule has 0 unspecified atom stereocenters. The molecule has 0 saturated heterocycles. The predicted molar refractivity (Wildman–Crippen MR) is 219 cm³/mol. The average Bonchev–Trinajstić information content (AvgIpc) is 4.04. The van der Waals surface area contributed by atoms with Crippen molar-refractivity contribution in [2.75, 3.05) is 16.0 Å². The molecule has 0 aliphatic rings. The Morgan fingerprint density at radius 1 is 0.714 bits per heavy atom. The van der Waals surface area contributed by atoms with Gasteiger partial charge in [0.25, 0.3) is 0 Å². The lowest BCUT2D eigenvalue weighted by Crippen LogP contribution is -2.02. The van der Waals surface area contributed by atoms with Crippen LogP contribution in [0.2, 0.25) is 15.9 Å². The molecule has 0 bridgehead atoms. The van der Waals surface area contributed by atoms with Crippen molar-refractivity contribution in [3.05, 3.63) is 120 Å². The molecule has 9 aromatic rings. The molecule has 0 saturated carbocycles. The van der Waals surface area contributed by atoms with E-state index in [4.69, 9.17) is 52.4 Å². The fourth-order valence-corrected chi connectivity index (χ4v) is 6.86. The zero-order valence-corrected chi connectivity index (χ0v) is 32.6. The predicted octanol–water partition coefficient (Wildman–Crippen LogP) is 9.59. The molecule has 17 nitrogen and oxygen atoms in total. The number of nitrogens with zero attached hydrogens (tertiary/aromatic N) is 10. The number of aromatic amines is 3. The van der Waals surface area contributed by atoms with Crippen molar-refractivity contribution in [3.63, 3.8) is 0 Å². The lowest BCUT2D eigenvalue weighted by Gasteiger charge is -2.06. The number of hydrogen-bond donors (Lipinski definition) is 6. The molecule has 280 valence electrons. The van der Waals surface area contributed by atoms with Crippen LogP contribution >= 0.6 is 57.5 Å². The lowest BCUT2D eigenvalue weighted by atomic mass is 10.3. The minimum atomic E-state index is 0.118. The number of aromatic nitrogens is 11. The van der Waals surface area contributed by atoms with Gasteiger partial charge < -0.3 is 35.3 Å². The molecule has 9 aromatic heterocycles. The Kier molecular flexibility index (Phi) is 11.8. The van der Waals surface area contributed by atoms with Crippen molar-refractivity contribution >= 4 is 119 Å². The highest BCUT2D eigenvalue weighted by molar-refractivity contribution is 7.09. The fraction of sp³-hybridized carbons (Fsp3) is 0.118. The third kappa shape index (κ3) is 8.95. The summed E-state index contributed by atoms with van der Waals surface area (Å²) in [6.07, 6.45) is 8.30. The van der Waals surface area contributed by atoms with Crippen LogP contribution in [-0.2, 0) is 19.6 Å². The number of H-pyrrole nitrogens is 3. The molecule has 0 amide bonds. The van der Waals surface area contributed by atoms with Gasteiger partial charge >= 0.3 is 0 Å². The zero-order chi connectivity index (χ0) is 39.0. The second kappa shape index (κ2) is 17.4. The molecule has 6 N–H and O–H groups in total. The van der Waals surface area contributed by atoms with Crippen molar-refractivity contribution < 1.29 is 4.42 Å². The van der Waals surface area contributed by atoms with Crippen molar-refractivity contribution in [1.29, 1.82) is 0 Å². The topological polar surface area (TPSA) is 208 Å². The monoisotopic (exact) mass is 842 g/mol. The van der Waals surface area contributed by atoms with Gasteiger partial charge in [0.1, 0.15) is 50.2 Å². The zero-order valence-electron chi connectivity index (χ0n) is 28.7. The van der Waals surface area contributed by atoms with Crippen LogP contribution in [0, 0.1) is 20.1 Å². The van der Waals surface area contributed by atoms with Gasteiger partial charge in [-0.05, 0) is 59.9 Å². The van der Waals surface area contributed by atoms with Gasteiger partial charge in [0, 0.05) is 41.2 Å². The van der Waals surface area contributed by atoms with Gasteiger partial charge in [-0.3, -0.25) is 0 Å². The summed E-state index contributed by atoms with van der Waals surface area (Å²) < 4.78 is 5.23. The van der Waals surface area contributed by atoms with Crippen LogP contribution in [0.15, 0.2) is 64.4 Å². The number of thiazole rings is 2. The normalized spacial score (nSPS) is 10.7. The molecule has 22 heteroatoms. The summed E-state index contributed by atoms with van der Waals surface area (Å²) in [5, 5.41) is 18.0. The summed E-state index contributed by atoms with van der Waals surface area (Å²) in [6, 6.07) is 5.65. The Hall–Kier alpha value is -6.35. The van der Waals surface area contributed by atoms with Crippen LogP contribution in [0.1, 0.15) is 21.5 Å². The molecule has 0 aromatic carbocycles. The van der Waals surface area contributed by atoms with Crippen molar-refractivity contribution in [1.82, 2.24) is 54.8 Å². The lowest BCUT2D eigenvalue weighted by molar-refractivity contribution is 0.518. The van der Waals surface area contributed by atoms with Gasteiger partial charge in [-0.1, -0.05) is 0 Å². The van der Waals surface area contributed by atoms with Crippen molar-refractivity contribution in [2.45, 2.75) is 26.6 Å². The minimum Gasteiger partial charge on any atom is -0.467 e. The Balaban J connectivity index is 0.000000129. The molecule has 56 heavy (non-hydrogen) atoms. The first-order valence-electron chi connectivity index (χ1n) is 16.2. The van der Waals surface area contributed by atoms with Crippen LogP contribution in [0.4, 0.5) is 28.8 Å². The quantitative estimate of drug-likeness (QED) is 0.0593. The van der Waals surface area contributed by atoms with Gasteiger partial charge in [-0.2, -0.15) is 4.98 Å². The molecule has 0 aliphatic heterocycles. The summed E-state index contributed by atoms with van der Waals surface area (Å²) in [4.78, 5) is 48.9. The van der Waals surface area contributed by atoms with Gasteiger partial charge in [-0.15, -0.1) is 22.7 Å². The Labute approximate surface area is 339 Å². The Morgan fingerprint density at radius 2 is 1.23 bits per heavy atom. The van der Waals surface area contributed by atoms with Crippen LogP contribution < -0.4 is 16.0 Å². The van der Waals surface area contributed by atoms with E-state index < -0.39 is 0 Å².